The molecule has 1 rings (SSSR count). The third-order valence-corrected chi connectivity index (χ3v) is 4.08. The number of halogens is 1. The lowest BCUT2D eigenvalue weighted by molar-refractivity contribution is -0.390. The molecule has 1 N–H and O–H groups in total. The molecule has 0 radical (unpaired) electrons. The summed E-state index contributed by atoms with van der Waals surface area (Å²) in [7, 11) is -4.11. The van der Waals surface area contributed by atoms with Gasteiger partial charge in [-0.3, -0.25) is 10.1 Å². The molecule has 112 valence electrons. The van der Waals surface area contributed by atoms with Crippen molar-refractivity contribution in [3.8, 4) is 0 Å². The van der Waals surface area contributed by atoms with E-state index in [0.29, 0.717) is 6.42 Å². The first-order valence-corrected chi connectivity index (χ1v) is 7.45. The molecule has 0 amide bonds. The van der Waals surface area contributed by atoms with Crippen molar-refractivity contribution >= 4 is 15.7 Å². The maximum atomic E-state index is 13.4. The smallest absolute Gasteiger partial charge is 0.258 e. The van der Waals surface area contributed by atoms with Crippen LogP contribution >= 0.6 is 0 Å². The van der Waals surface area contributed by atoms with Crippen LogP contribution in [0.1, 0.15) is 27.2 Å². The fourth-order valence-corrected chi connectivity index (χ4v) is 2.74. The number of nitrogens with one attached hydrogen (secondary N) is 1. The predicted molar refractivity (Wildman–Crippen MR) is 72.3 cm³/mol. The molecular formula is C12H17FN2O4S. The summed E-state index contributed by atoms with van der Waals surface area (Å²) < 4.78 is 39.7. The molecule has 0 fully saturated rings. The molecular weight excluding hydrogens is 287 g/mol. The van der Waals surface area contributed by atoms with E-state index in [4.69, 9.17) is 0 Å². The third-order valence-electron chi connectivity index (χ3n) is 2.59. The van der Waals surface area contributed by atoms with Gasteiger partial charge in [-0.15, -0.1) is 0 Å². The van der Waals surface area contributed by atoms with Crippen LogP contribution in [-0.4, -0.2) is 19.9 Å². The van der Waals surface area contributed by atoms with Gasteiger partial charge >= 0.3 is 5.69 Å². The summed E-state index contributed by atoms with van der Waals surface area (Å²) >= 11 is 0. The van der Waals surface area contributed by atoms with Gasteiger partial charge in [-0.25, -0.2) is 13.1 Å². The molecule has 6 nitrogen and oxygen atoms in total. The van der Waals surface area contributed by atoms with Crippen LogP contribution in [-0.2, 0) is 10.0 Å². The van der Waals surface area contributed by atoms with Gasteiger partial charge in [0.1, 0.15) is 0 Å². The molecule has 0 aliphatic carbocycles. The molecule has 0 heterocycles. The molecule has 0 saturated heterocycles. The van der Waals surface area contributed by atoms with Crippen molar-refractivity contribution in [3.05, 3.63) is 34.1 Å². The Morgan fingerprint density at radius 2 is 1.95 bits per heavy atom. The molecule has 0 aromatic heterocycles. The van der Waals surface area contributed by atoms with E-state index in [1.54, 1.807) is 0 Å². The number of para-hydroxylation sites is 1. The van der Waals surface area contributed by atoms with Crippen LogP contribution in [0.3, 0.4) is 0 Å². The van der Waals surface area contributed by atoms with Gasteiger partial charge in [0.05, 0.1) is 4.92 Å². The maximum absolute atomic E-state index is 13.4. The topological polar surface area (TPSA) is 89.3 Å². The van der Waals surface area contributed by atoms with E-state index < -0.39 is 31.3 Å². The standard InChI is InChI=1S/C12H17FN2O4S/c1-12(2,3)7-8-14-20(18,19)10-6-4-5-9(13)11(10)15(16)17/h4-6,14H,7-8H2,1-3H3. The molecule has 1 aromatic carbocycles. The second-order valence-electron chi connectivity index (χ2n) is 5.55. The average Bonchev–Trinajstić information content (AvgIpc) is 2.25. The minimum atomic E-state index is -4.11. The summed E-state index contributed by atoms with van der Waals surface area (Å²) in [5, 5.41) is 10.8. The fraction of sp³-hybridized carbons (Fsp3) is 0.500. The van der Waals surface area contributed by atoms with Crippen molar-refractivity contribution in [2.45, 2.75) is 32.1 Å². The Kier molecular flexibility index (Phi) is 4.82. The van der Waals surface area contributed by atoms with Crippen LogP contribution < -0.4 is 4.72 Å². The van der Waals surface area contributed by atoms with Crippen LogP contribution in [0, 0.1) is 21.3 Å². The number of sulfonamides is 1. The first-order chi connectivity index (χ1) is 9.04. The molecule has 8 heteroatoms. The SMILES string of the molecule is CC(C)(C)CCNS(=O)(=O)c1cccc(F)c1[N+](=O)[O-]. The Morgan fingerprint density at radius 3 is 2.45 bits per heavy atom. The molecule has 1 aromatic rings. The summed E-state index contributed by atoms with van der Waals surface area (Å²) in [6.45, 7) is 5.93. The molecule has 0 bridgehead atoms. The second kappa shape index (κ2) is 5.84. The van der Waals surface area contributed by atoms with Gasteiger partial charge in [0.2, 0.25) is 15.8 Å². The van der Waals surface area contributed by atoms with Crippen molar-refractivity contribution in [3.63, 3.8) is 0 Å². The largest absolute Gasteiger partial charge is 0.324 e. The lowest BCUT2D eigenvalue weighted by Crippen LogP contribution is -2.28. The zero-order valence-corrected chi connectivity index (χ0v) is 12.3. The zero-order valence-electron chi connectivity index (χ0n) is 11.5. The summed E-state index contributed by atoms with van der Waals surface area (Å²) in [4.78, 5) is 9.11. The molecule has 0 spiro atoms. The predicted octanol–water partition coefficient (Wildman–Crippen LogP) is 2.45. The van der Waals surface area contributed by atoms with Gasteiger partial charge in [-0.1, -0.05) is 26.8 Å². The summed E-state index contributed by atoms with van der Waals surface area (Å²) in [5.41, 5.74) is -1.12. The molecule has 0 atom stereocenters. The van der Waals surface area contributed by atoms with Gasteiger partial charge in [0, 0.05) is 6.54 Å². The van der Waals surface area contributed by atoms with Crippen LogP contribution in [0.2, 0.25) is 0 Å². The number of nitro groups is 1. The lowest BCUT2D eigenvalue weighted by Gasteiger charge is -2.18. The normalized spacial score (nSPS) is 12.4. The molecule has 0 saturated carbocycles. The minimum Gasteiger partial charge on any atom is -0.258 e. The monoisotopic (exact) mass is 304 g/mol. The first kappa shape index (κ1) is 16.5. The lowest BCUT2D eigenvalue weighted by atomic mass is 9.93. The summed E-state index contributed by atoms with van der Waals surface area (Å²) in [6, 6.07) is 2.99. The maximum Gasteiger partial charge on any atom is 0.324 e. The van der Waals surface area contributed by atoms with Crippen molar-refractivity contribution < 1.29 is 17.7 Å². The van der Waals surface area contributed by atoms with Crippen molar-refractivity contribution in [2.24, 2.45) is 5.41 Å². The van der Waals surface area contributed by atoms with E-state index in [9.17, 15) is 22.9 Å². The Labute approximate surface area is 117 Å². The van der Waals surface area contributed by atoms with E-state index in [0.717, 1.165) is 18.2 Å². The minimum absolute atomic E-state index is 0.0869. The fourth-order valence-electron chi connectivity index (χ4n) is 1.53. The van der Waals surface area contributed by atoms with Gasteiger partial charge in [-0.2, -0.15) is 4.39 Å². The number of benzene rings is 1. The molecule has 0 aliphatic rings. The summed E-state index contributed by atoms with van der Waals surface area (Å²) in [5.74, 6) is -1.17. The summed E-state index contributed by atoms with van der Waals surface area (Å²) in [6.07, 6.45) is 0.551. The Balaban J connectivity index is 3.05. The number of hydrogen-bond donors (Lipinski definition) is 1. The van der Waals surface area contributed by atoms with Gasteiger partial charge < -0.3 is 0 Å². The average molecular weight is 304 g/mol. The van der Waals surface area contributed by atoms with Crippen molar-refractivity contribution in [2.75, 3.05) is 6.54 Å². The molecule has 0 unspecified atom stereocenters. The molecule has 20 heavy (non-hydrogen) atoms. The number of hydrogen-bond acceptors (Lipinski definition) is 4. The number of rotatable bonds is 5. The van der Waals surface area contributed by atoms with Crippen LogP contribution in [0.5, 0.6) is 0 Å². The highest BCUT2D eigenvalue weighted by Gasteiger charge is 2.29. The van der Waals surface area contributed by atoms with Crippen molar-refractivity contribution in [1.29, 1.82) is 0 Å². The highest BCUT2D eigenvalue weighted by molar-refractivity contribution is 7.89. The van der Waals surface area contributed by atoms with E-state index in [2.05, 4.69) is 4.72 Å². The highest BCUT2D eigenvalue weighted by Crippen LogP contribution is 2.26. The first-order valence-electron chi connectivity index (χ1n) is 5.97. The van der Waals surface area contributed by atoms with Gasteiger partial charge in [-0.05, 0) is 24.0 Å². The van der Waals surface area contributed by atoms with E-state index in [1.165, 1.54) is 0 Å². The second-order valence-corrected chi connectivity index (χ2v) is 7.29. The Hall–Kier alpha value is -1.54. The van der Waals surface area contributed by atoms with Crippen LogP contribution in [0.4, 0.5) is 10.1 Å². The quantitative estimate of drug-likeness (QED) is 0.668. The van der Waals surface area contributed by atoms with Gasteiger partial charge in [0.15, 0.2) is 4.90 Å². The highest BCUT2D eigenvalue weighted by atomic mass is 32.2. The van der Waals surface area contributed by atoms with Crippen LogP contribution in [0.15, 0.2) is 23.1 Å². The van der Waals surface area contributed by atoms with Crippen molar-refractivity contribution in [1.82, 2.24) is 4.72 Å². The number of nitro benzene ring substituents is 1. The third kappa shape index (κ3) is 4.24. The Morgan fingerprint density at radius 1 is 1.35 bits per heavy atom. The zero-order chi connectivity index (χ0) is 15.6. The van der Waals surface area contributed by atoms with E-state index >= 15 is 0 Å². The van der Waals surface area contributed by atoms with E-state index in [-0.39, 0.29) is 12.0 Å². The number of nitrogens with zero attached hydrogens (tertiary/aromatic N) is 1. The van der Waals surface area contributed by atoms with Crippen LogP contribution in [0.25, 0.3) is 0 Å². The van der Waals surface area contributed by atoms with Gasteiger partial charge in [0.25, 0.3) is 0 Å². The Bertz CT molecular complexity index is 608. The van der Waals surface area contributed by atoms with E-state index in [1.807, 2.05) is 20.8 Å². The molecule has 0 aliphatic heterocycles.